The third-order valence-corrected chi connectivity index (χ3v) is 16.7. The van der Waals surface area contributed by atoms with E-state index in [4.69, 9.17) is 15.2 Å². The monoisotopic (exact) mass is 1150 g/mol. The van der Waals surface area contributed by atoms with E-state index in [1.165, 1.54) is 161 Å². The quantitative estimate of drug-likeness (QED) is 0.0279. The number of hydrogen-bond acceptors (Lipinski definition) is 7. The van der Waals surface area contributed by atoms with E-state index in [9.17, 15) is 19.2 Å². The molecule has 0 aliphatic heterocycles. The van der Waals surface area contributed by atoms with Crippen LogP contribution in [0.15, 0.2) is 48.6 Å². The molecule has 0 saturated heterocycles. The molecule has 0 bridgehead atoms. The second-order valence-electron chi connectivity index (χ2n) is 24.6. The number of nitrogens with two attached hydrogens (primary N) is 1. The number of ether oxygens (including phenoxy) is 2. The first-order chi connectivity index (χ1) is 40.3. The Morgan fingerprint density at radius 1 is 0.293 bits per heavy atom. The minimum absolute atomic E-state index is 0.0687. The Morgan fingerprint density at radius 2 is 0.500 bits per heavy atom. The van der Waals surface area contributed by atoms with Crippen molar-refractivity contribution in [2.24, 2.45) is 5.73 Å². The lowest BCUT2D eigenvalue weighted by molar-refractivity contribution is -0.192. The van der Waals surface area contributed by atoms with Crippen molar-refractivity contribution in [2.45, 2.75) is 399 Å². The highest BCUT2D eigenvalue weighted by Gasteiger charge is 2.56. The van der Waals surface area contributed by atoms with Gasteiger partial charge in [-0.3, -0.25) is 19.2 Å². The number of ketones is 2. The molecule has 0 aromatic heterocycles. The van der Waals surface area contributed by atoms with Crippen molar-refractivity contribution in [2.75, 3.05) is 6.54 Å². The average molecular weight is 1150 g/mol. The van der Waals surface area contributed by atoms with Crippen LogP contribution in [0.1, 0.15) is 387 Å². The van der Waals surface area contributed by atoms with E-state index < -0.39 is 35.2 Å². The molecule has 7 nitrogen and oxygen atoms in total. The number of allylic oxidation sites excluding steroid dienone is 8. The molecule has 0 aliphatic carbocycles. The summed E-state index contributed by atoms with van der Waals surface area (Å²) in [7, 11) is 0. The van der Waals surface area contributed by atoms with Crippen LogP contribution in [0, 0.1) is 0 Å². The van der Waals surface area contributed by atoms with Gasteiger partial charge in [-0.2, -0.15) is 0 Å². The van der Waals surface area contributed by atoms with Gasteiger partial charge in [0.1, 0.15) is 0 Å². The summed E-state index contributed by atoms with van der Waals surface area (Å²) >= 11 is 0. The van der Waals surface area contributed by atoms with E-state index in [-0.39, 0.29) is 32.2 Å². The molecule has 1 unspecified atom stereocenters. The molecule has 0 aromatic carbocycles. The molecule has 0 radical (unpaired) electrons. The standard InChI is InChI=1S/C75H137NO6/c1-5-9-13-17-21-25-29-33-37-41-45-49-53-57-61-65-70(77)75(71(78)66-62-58-54-50-46-42-38-34-30-26-22-18-14-10-6-2,82-74(80)68-64-60-56-52-48-44-40-36-32-28-24-20-16-12-8-4)72(69-76)81-73(79)67-63-59-55-51-47-43-39-35-31-27-23-19-15-11-7-3/h33-40,72H,5-32,41-69,76H2,1-4H3/b37-33-,38-34-,39-35-,40-36-. The lowest BCUT2D eigenvalue weighted by Crippen LogP contribution is -2.62. The van der Waals surface area contributed by atoms with Gasteiger partial charge in [-0.1, -0.05) is 282 Å². The fourth-order valence-corrected chi connectivity index (χ4v) is 11.2. The van der Waals surface area contributed by atoms with E-state index >= 15 is 0 Å². The normalized spacial score (nSPS) is 12.5. The summed E-state index contributed by atoms with van der Waals surface area (Å²) in [4.78, 5) is 57.5. The van der Waals surface area contributed by atoms with E-state index in [0.717, 1.165) is 148 Å². The summed E-state index contributed by atoms with van der Waals surface area (Å²) in [5, 5.41) is 0. The van der Waals surface area contributed by atoms with Gasteiger partial charge in [0.25, 0.3) is 5.60 Å². The van der Waals surface area contributed by atoms with E-state index in [2.05, 4.69) is 76.3 Å². The highest BCUT2D eigenvalue weighted by atomic mass is 16.6. The summed E-state index contributed by atoms with van der Waals surface area (Å²) in [6, 6.07) is 0. The molecular weight excluding hydrogens is 1010 g/mol. The molecule has 0 rings (SSSR count). The average Bonchev–Trinajstić information content (AvgIpc) is 3.63. The van der Waals surface area contributed by atoms with Crippen LogP contribution in [0.5, 0.6) is 0 Å². The van der Waals surface area contributed by atoms with Crippen molar-refractivity contribution in [3.63, 3.8) is 0 Å². The Balaban J connectivity index is 5.82. The molecular formula is C75H137NO6. The number of hydrogen-bond donors (Lipinski definition) is 1. The van der Waals surface area contributed by atoms with Gasteiger partial charge in [-0.25, -0.2) is 0 Å². The van der Waals surface area contributed by atoms with Crippen LogP contribution >= 0.6 is 0 Å². The predicted octanol–water partition coefficient (Wildman–Crippen LogP) is 23.4. The third kappa shape index (κ3) is 50.5. The van der Waals surface area contributed by atoms with Gasteiger partial charge in [0.15, 0.2) is 17.7 Å². The molecule has 0 aromatic rings. The molecule has 0 fully saturated rings. The maximum absolute atomic E-state index is 14.9. The van der Waals surface area contributed by atoms with Crippen molar-refractivity contribution in [3.05, 3.63) is 48.6 Å². The fourth-order valence-electron chi connectivity index (χ4n) is 11.2. The maximum Gasteiger partial charge on any atom is 0.307 e. The predicted molar refractivity (Wildman–Crippen MR) is 356 cm³/mol. The summed E-state index contributed by atoms with van der Waals surface area (Å²) in [5.74, 6) is -2.01. The van der Waals surface area contributed by atoms with Gasteiger partial charge < -0.3 is 15.2 Å². The smallest absolute Gasteiger partial charge is 0.307 e. The molecule has 0 aliphatic rings. The Kier molecular flexibility index (Phi) is 62.0. The van der Waals surface area contributed by atoms with E-state index in [1.807, 2.05) is 0 Å². The van der Waals surface area contributed by atoms with Gasteiger partial charge in [0, 0.05) is 32.2 Å². The highest BCUT2D eigenvalue weighted by Crippen LogP contribution is 2.30. The van der Waals surface area contributed by atoms with Gasteiger partial charge in [-0.15, -0.1) is 0 Å². The topological polar surface area (TPSA) is 113 Å². The van der Waals surface area contributed by atoms with Crippen LogP contribution < -0.4 is 5.73 Å². The Labute approximate surface area is 509 Å². The number of carbonyl (C=O) groups excluding carboxylic acids is 4. The van der Waals surface area contributed by atoms with Gasteiger partial charge in [-0.05, 0) is 128 Å². The third-order valence-electron chi connectivity index (χ3n) is 16.7. The van der Waals surface area contributed by atoms with Crippen LogP contribution in [-0.2, 0) is 28.7 Å². The largest absolute Gasteiger partial charge is 0.456 e. The van der Waals surface area contributed by atoms with Gasteiger partial charge >= 0.3 is 11.9 Å². The van der Waals surface area contributed by atoms with Crippen LogP contribution in [0.3, 0.4) is 0 Å². The van der Waals surface area contributed by atoms with Crippen molar-refractivity contribution in [1.82, 2.24) is 0 Å². The van der Waals surface area contributed by atoms with Crippen molar-refractivity contribution < 1.29 is 28.7 Å². The first-order valence-corrected chi connectivity index (χ1v) is 36.1. The molecule has 0 heterocycles. The van der Waals surface area contributed by atoms with Crippen LogP contribution in [-0.4, -0.2) is 41.8 Å². The lowest BCUT2D eigenvalue weighted by Gasteiger charge is -2.36. The molecule has 7 heteroatoms. The van der Waals surface area contributed by atoms with Gasteiger partial charge in [0.05, 0.1) is 0 Å². The molecule has 82 heavy (non-hydrogen) atoms. The number of unbranched alkanes of at least 4 members (excludes halogenated alkanes) is 44. The Bertz CT molecular complexity index is 1480. The summed E-state index contributed by atoms with van der Waals surface area (Å²) in [5.41, 5.74) is 4.21. The van der Waals surface area contributed by atoms with Crippen LogP contribution in [0.4, 0.5) is 0 Å². The first kappa shape index (κ1) is 79.2. The fraction of sp³-hybridized carbons (Fsp3) is 0.840. The second-order valence-corrected chi connectivity index (χ2v) is 24.6. The van der Waals surface area contributed by atoms with Crippen LogP contribution in [0.25, 0.3) is 0 Å². The van der Waals surface area contributed by atoms with Crippen molar-refractivity contribution in [1.29, 1.82) is 0 Å². The van der Waals surface area contributed by atoms with E-state index in [0.29, 0.717) is 25.7 Å². The summed E-state index contributed by atoms with van der Waals surface area (Å²) < 4.78 is 12.4. The molecule has 478 valence electrons. The minimum atomic E-state index is -2.24. The zero-order valence-electron chi connectivity index (χ0n) is 55.0. The first-order valence-electron chi connectivity index (χ1n) is 36.1. The molecule has 0 spiro atoms. The lowest BCUT2D eigenvalue weighted by atomic mass is 9.81. The minimum Gasteiger partial charge on any atom is -0.456 e. The number of rotatable bonds is 66. The Morgan fingerprint density at radius 3 is 0.744 bits per heavy atom. The Hall–Kier alpha value is -2.80. The second kappa shape index (κ2) is 64.2. The highest BCUT2D eigenvalue weighted by molar-refractivity contribution is 6.12. The number of esters is 2. The SMILES string of the molecule is CCCCCCCC/C=C\CCCCCCCC(=O)OC(CN)C(OC(=O)CCCCCCC/C=C\CCCCCCCC)(C(=O)CCCCCCC/C=C\CCCCCCCC)C(=O)CCCCCCC/C=C\CCCCCCCC. The van der Waals surface area contributed by atoms with Crippen molar-refractivity contribution >= 4 is 23.5 Å². The zero-order valence-corrected chi connectivity index (χ0v) is 55.0. The zero-order chi connectivity index (χ0) is 59.8. The van der Waals surface area contributed by atoms with Gasteiger partial charge in [0.2, 0.25) is 0 Å². The summed E-state index contributed by atoms with van der Waals surface area (Å²) in [6.07, 6.45) is 76.9. The summed E-state index contributed by atoms with van der Waals surface area (Å²) in [6.45, 7) is 8.76. The molecule has 0 saturated carbocycles. The molecule has 1 atom stereocenters. The van der Waals surface area contributed by atoms with Crippen molar-refractivity contribution in [3.8, 4) is 0 Å². The maximum atomic E-state index is 14.9. The molecule has 2 N–H and O–H groups in total. The van der Waals surface area contributed by atoms with E-state index in [1.54, 1.807) is 0 Å². The number of carbonyl (C=O) groups is 4. The van der Waals surface area contributed by atoms with Crippen LogP contribution in [0.2, 0.25) is 0 Å². The number of Topliss-reactive ketones (excluding diaryl/α,β-unsaturated/α-hetero) is 2. The molecule has 0 amide bonds.